The molecule has 186 valence electrons. The van der Waals surface area contributed by atoms with Crippen molar-refractivity contribution >= 4 is 49.2 Å². The molecular formula is C25H26N6O3S2. The molecule has 1 aliphatic rings. The van der Waals surface area contributed by atoms with Crippen molar-refractivity contribution < 1.29 is 13.0 Å². The molecule has 1 aliphatic heterocycles. The van der Waals surface area contributed by atoms with Crippen molar-refractivity contribution in [3.05, 3.63) is 73.2 Å². The lowest BCUT2D eigenvalue weighted by molar-refractivity contribution is 0.307. The third kappa shape index (κ3) is 5.59. The Morgan fingerprint density at radius 2 is 1.67 bits per heavy atom. The molecule has 0 saturated carbocycles. The van der Waals surface area contributed by atoms with Gasteiger partial charge in [-0.3, -0.25) is 4.90 Å². The van der Waals surface area contributed by atoms with Crippen LogP contribution in [-0.2, 0) is 21.0 Å². The smallest absolute Gasteiger partial charge is 0.206 e. The second kappa shape index (κ2) is 10.8. The van der Waals surface area contributed by atoms with Crippen LogP contribution in [0.4, 0.5) is 17.3 Å². The highest BCUT2D eigenvalue weighted by molar-refractivity contribution is 7.91. The zero-order valence-electron chi connectivity index (χ0n) is 19.5. The van der Waals surface area contributed by atoms with E-state index in [0.717, 1.165) is 43.1 Å². The van der Waals surface area contributed by atoms with Gasteiger partial charge in [0.05, 0.1) is 21.5 Å². The number of aromatic nitrogens is 3. The topological polar surface area (TPSA) is 123 Å². The monoisotopic (exact) mass is 522 g/mol. The van der Waals surface area contributed by atoms with Gasteiger partial charge in [-0.05, 0) is 42.5 Å². The summed E-state index contributed by atoms with van der Waals surface area (Å²) in [6, 6.07) is 16.9. The average molecular weight is 523 g/mol. The molecule has 0 unspecified atom stereocenters. The number of hydrogen-bond donors (Lipinski definition) is 2. The number of sulfone groups is 1. The van der Waals surface area contributed by atoms with E-state index in [9.17, 15) is 13.0 Å². The molecule has 0 aliphatic carbocycles. The number of anilines is 3. The van der Waals surface area contributed by atoms with Crippen LogP contribution in [0, 0.1) is 0 Å². The maximum Gasteiger partial charge on any atom is 0.206 e. The normalized spacial score (nSPS) is 15.1. The predicted molar refractivity (Wildman–Crippen MR) is 142 cm³/mol. The van der Waals surface area contributed by atoms with Crippen molar-refractivity contribution in [1.29, 1.82) is 0 Å². The SMILES string of the molecule is O=S(=O)(c1ccccc1)c1ccc(Nc2ncnc3cnc(NCCN4CC[S+]([O-])CC4)cc23)cc1. The molecule has 0 bridgehead atoms. The fourth-order valence-corrected chi connectivity index (χ4v) is 6.40. The molecule has 9 nitrogen and oxygen atoms in total. The first kappa shape index (κ1) is 24.4. The minimum absolute atomic E-state index is 0.224. The quantitative estimate of drug-likeness (QED) is 0.336. The lowest BCUT2D eigenvalue weighted by Crippen LogP contribution is -2.42. The van der Waals surface area contributed by atoms with Crippen molar-refractivity contribution in [2.45, 2.75) is 9.79 Å². The van der Waals surface area contributed by atoms with E-state index in [0.29, 0.717) is 22.8 Å². The zero-order chi connectivity index (χ0) is 25.0. The summed E-state index contributed by atoms with van der Waals surface area (Å²) in [4.78, 5) is 15.9. The number of rotatable bonds is 8. The van der Waals surface area contributed by atoms with Crippen LogP contribution in [0.2, 0.25) is 0 Å². The summed E-state index contributed by atoms with van der Waals surface area (Å²) >= 11 is -0.678. The average Bonchev–Trinajstić information content (AvgIpc) is 2.91. The minimum Gasteiger partial charge on any atom is -0.616 e. The third-order valence-electron chi connectivity index (χ3n) is 6.01. The Hall–Kier alpha value is -3.25. The summed E-state index contributed by atoms with van der Waals surface area (Å²) in [5, 5.41) is 7.41. The van der Waals surface area contributed by atoms with Crippen LogP contribution >= 0.6 is 0 Å². The molecule has 0 atom stereocenters. The van der Waals surface area contributed by atoms with Gasteiger partial charge in [-0.2, -0.15) is 0 Å². The lowest BCUT2D eigenvalue weighted by atomic mass is 10.2. The third-order valence-corrected chi connectivity index (χ3v) is 9.07. The molecule has 1 fully saturated rings. The van der Waals surface area contributed by atoms with Gasteiger partial charge in [0.15, 0.2) is 0 Å². The van der Waals surface area contributed by atoms with Gasteiger partial charge < -0.3 is 15.2 Å². The number of nitrogens with zero attached hydrogens (tertiary/aromatic N) is 4. The van der Waals surface area contributed by atoms with E-state index in [-0.39, 0.29) is 9.79 Å². The second-order valence-electron chi connectivity index (χ2n) is 8.39. The van der Waals surface area contributed by atoms with E-state index < -0.39 is 21.0 Å². The van der Waals surface area contributed by atoms with Crippen LogP contribution in [0.5, 0.6) is 0 Å². The van der Waals surface area contributed by atoms with Crippen molar-refractivity contribution in [3.8, 4) is 0 Å². The van der Waals surface area contributed by atoms with Crippen molar-refractivity contribution in [3.63, 3.8) is 0 Å². The van der Waals surface area contributed by atoms with E-state index in [1.54, 1.807) is 60.8 Å². The molecular weight excluding hydrogens is 496 g/mol. The Bertz CT molecular complexity index is 1430. The van der Waals surface area contributed by atoms with Gasteiger partial charge in [0.2, 0.25) is 9.84 Å². The van der Waals surface area contributed by atoms with E-state index >= 15 is 0 Å². The summed E-state index contributed by atoms with van der Waals surface area (Å²) < 4.78 is 37.2. The van der Waals surface area contributed by atoms with Crippen LogP contribution in [-0.4, -0.2) is 70.5 Å². The van der Waals surface area contributed by atoms with E-state index in [1.165, 1.54) is 6.33 Å². The maximum atomic E-state index is 12.8. The first-order valence-corrected chi connectivity index (χ1v) is 14.6. The molecule has 5 rings (SSSR count). The maximum absolute atomic E-state index is 12.8. The summed E-state index contributed by atoms with van der Waals surface area (Å²) in [6.45, 7) is 3.28. The molecule has 2 aromatic heterocycles. The zero-order valence-corrected chi connectivity index (χ0v) is 21.1. The first-order chi connectivity index (χ1) is 17.5. The molecule has 2 N–H and O–H groups in total. The van der Waals surface area contributed by atoms with Crippen LogP contribution in [0.25, 0.3) is 10.9 Å². The Balaban J connectivity index is 1.29. The number of benzene rings is 2. The molecule has 36 heavy (non-hydrogen) atoms. The van der Waals surface area contributed by atoms with E-state index in [4.69, 9.17) is 0 Å². The molecule has 2 aromatic carbocycles. The van der Waals surface area contributed by atoms with Crippen molar-refractivity contribution in [2.24, 2.45) is 0 Å². The van der Waals surface area contributed by atoms with Crippen LogP contribution < -0.4 is 10.6 Å². The molecule has 4 aromatic rings. The molecule has 3 heterocycles. The number of pyridine rings is 1. The van der Waals surface area contributed by atoms with Gasteiger partial charge in [-0.15, -0.1) is 0 Å². The Kier molecular flexibility index (Phi) is 7.33. The van der Waals surface area contributed by atoms with Crippen LogP contribution in [0.1, 0.15) is 0 Å². The highest BCUT2D eigenvalue weighted by Crippen LogP contribution is 2.26. The Labute approximate surface area is 213 Å². The Morgan fingerprint density at radius 1 is 0.944 bits per heavy atom. The summed E-state index contributed by atoms with van der Waals surface area (Å²) in [5.74, 6) is 2.78. The van der Waals surface area contributed by atoms with Gasteiger partial charge in [-0.1, -0.05) is 29.4 Å². The molecule has 0 amide bonds. The van der Waals surface area contributed by atoms with Crippen LogP contribution in [0.3, 0.4) is 0 Å². The minimum atomic E-state index is -3.58. The molecule has 0 radical (unpaired) electrons. The fourth-order valence-electron chi connectivity index (χ4n) is 3.99. The number of hydrogen-bond acceptors (Lipinski definition) is 9. The second-order valence-corrected chi connectivity index (χ2v) is 12.0. The van der Waals surface area contributed by atoms with Crippen molar-refractivity contribution in [1.82, 2.24) is 19.9 Å². The number of fused-ring (bicyclic) bond motifs is 1. The lowest BCUT2D eigenvalue weighted by Gasteiger charge is -2.27. The van der Waals surface area contributed by atoms with Crippen LogP contribution in [0.15, 0.2) is 83.0 Å². The Morgan fingerprint density at radius 3 is 2.42 bits per heavy atom. The molecule has 11 heteroatoms. The fraction of sp³-hybridized carbons (Fsp3) is 0.240. The van der Waals surface area contributed by atoms with E-state index in [1.807, 2.05) is 6.07 Å². The number of nitrogens with one attached hydrogen (secondary N) is 2. The van der Waals surface area contributed by atoms with Gasteiger partial charge in [0.25, 0.3) is 0 Å². The largest absolute Gasteiger partial charge is 0.616 e. The predicted octanol–water partition coefficient (Wildman–Crippen LogP) is 3.08. The molecule has 1 saturated heterocycles. The highest BCUT2D eigenvalue weighted by Gasteiger charge is 2.19. The molecule has 0 spiro atoms. The van der Waals surface area contributed by atoms with Gasteiger partial charge in [0, 0.05) is 37.3 Å². The summed E-state index contributed by atoms with van der Waals surface area (Å²) in [6.07, 6.45) is 3.16. The standard InChI is InChI=1S/C25H26N6O3S2/c32-35-14-12-31(13-15-35)11-10-26-24-16-22-23(17-27-24)28-18-29-25(22)30-19-6-8-21(9-7-19)36(33,34)20-4-2-1-3-5-20/h1-9,16-18H,10-15H2,(H,26,27)(H,28,29,30). The van der Waals surface area contributed by atoms with E-state index in [2.05, 4.69) is 30.5 Å². The first-order valence-electron chi connectivity index (χ1n) is 11.6. The van der Waals surface area contributed by atoms with Gasteiger partial charge >= 0.3 is 0 Å². The summed E-state index contributed by atoms with van der Waals surface area (Å²) in [5.41, 5.74) is 1.40. The van der Waals surface area contributed by atoms with Gasteiger partial charge in [0.1, 0.15) is 29.5 Å². The summed E-state index contributed by atoms with van der Waals surface area (Å²) in [7, 11) is -3.58. The van der Waals surface area contributed by atoms with Gasteiger partial charge in [-0.25, -0.2) is 23.4 Å². The van der Waals surface area contributed by atoms with Crippen molar-refractivity contribution in [2.75, 3.05) is 48.3 Å². The highest BCUT2D eigenvalue weighted by atomic mass is 32.2.